The summed E-state index contributed by atoms with van der Waals surface area (Å²) in [5.74, 6) is -0.498. The Hall–Kier alpha value is -3.31. The van der Waals surface area contributed by atoms with Crippen LogP contribution in [0.1, 0.15) is 6.92 Å². The number of phenolic OH excluding ortho intramolecular Hbond substituents is 2. The van der Waals surface area contributed by atoms with Crippen molar-refractivity contribution in [3.8, 4) is 39.9 Å². The van der Waals surface area contributed by atoms with E-state index in [2.05, 4.69) is 0 Å². The maximum absolute atomic E-state index is 11.9. The first-order valence-corrected chi connectivity index (χ1v) is 12.7. The maximum atomic E-state index is 11.9. The summed E-state index contributed by atoms with van der Waals surface area (Å²) < 4.78 is 28.3. The zero-order chi connectivity index (χ0) is 29.6. The topological polar surface area (TPSA) is 229 Å². The number of hydrogen-bond acceptors (Lipinski definition) is 14. The molecule has 14 nitrogen and oxygen atoms in total. The number of phenols is 2. The van der Waals surface area contributed by atoms with Gasteiger partial charge in [-0.3, -0.25) is 4.79 Å². The van der Waals surface area contributed by atoms with Gasteiger partial charge in [0.05, 0.1) is 18.3 Å². The lowest BCUT2D eigenvalue weighted by molar-refractivity contribution is -0.318. The fraction of sp³-hybridized carbons (Fsp3) is 0.444. The number of ether oxygens (including phenoxy) is 4. The van der Waals surface area contributed by atoms with E-state index in [0.717, 1.165) is 12.1 Å². The molecule has 1 aliphatic carbocycles. The minimum absolute atomic E-state index is 0.0184. The minimum Gasteiger partial charge on any atom is -0.508 e. The van der Waals surface area contributed by atoms with E-state index in [0.29, 0.717) is 5.56 Å². The van der Waals surface area contributed by atoms with E-state index in [-0.39, 0.29) is 28.6 Å². The second-order valence-corrected chi connectivity index (χ2v) is 9.99. The number of fused-ring (bicyclic) bond motifs is 1. The molecule has 0 spiro atoms. The summed E-state index contributed by atoms with van der Waals surface area (Å²) in [5, 5.41) is 81.8. The molecule has 0 aromatic heterocycles. The molecule has 4 aliphatic rings. The third-order valence-corrected chi connectivity index (χ3v) is 7.08. The van der Waals surface area contributed by atoms with Crippen LogP contribution >= 0.6 is 0 Å². The second-order valence-electron chi connectivity index (χ2n) is 9.99. The third kappa shape index (κ3) is 5.74. The Bertz CT molecular complexity index is 1380. The van der Waals surface area contributed by atoms with Gasteiger partial charge in [0.25, 0.3) is 0 Å². The van der Waals surface area contributed by atoms with Crippen molar-refractivity contribution in [2.45, 2.75) is 68.3 Å². The largest absolute Gasteiger partial charge is 0.508 e. The monoisotopic (exact) mass is 578 g/mol. The quantitative estimate of drug-likeness (QED) is 0.173. The van der Waals surface area contributed by atoms with Crippen molar-refractivity contribution in [2.24, 2.45) is 0 Å². The molecule has 222 valence electrons. The predicted molar refractivity (Wildman–Crippen MR) is 136 cm³/mol. The fourth-order valence-corrected chi connectivity index (χ4v) is 4.69. The van der Waals surface area contributed by atoms with Gasteiger partial charge < -0.3 is 64.2 Å². The smallest absolute Gasteiger partial charge is 0.229 e. The standard InChI is InChI=1S/C27H30O14/c1-10-19(31)21(33)23(35)26(38-10)37-9-18-20(32)22(34)24(36)27(41-18)40-17-8-14-15(30)6-13(29)7-16(14)39-25(17)11-2-4-12(28)5-3-11/h2-8,10,18-24,26-28,30-36H,9H2,1H3/t10-,18-,19-,20-,21+,22+,23+,24+,26-,27-/m0/s1. The Morgan fingerprint density at radius 2 is 1.44 bits per heavy atom. The van der Waals surface area contributed by atoms with Crippen LogP contribution in [0, 0.1) is 0 Å². The lowest BCUT2D eigenvalue weighted by Gasteiger charge is -2.42. The van der Waals surface area contributed by atoms with Gasteiger partial charge in [0.1, 0.15) is 60.0 Å². The number of aliphatic hydroxyl groups excluding tert-OH is 6. The van der Waals surface area contributed by atoms with E-state index in [4.69, 9.17) is 23.4 Å². The molecule has 3 aliphatic heterocycles. The summed E-state index contributed by atoms with van der Waals surface area (Å²) in [4.78, 5) is 11.9. The van der Waals surface area contributed by atoms with Crippen LogP contribution in [-0.2, 0) is 14.2 Å². The predicted octanol–water partition coefficient (Wildman–Crippen LogP) is -1.15. The van der Waals surface area contributed by atoms with E-state index in [1.807, 2.05) is 0 Å². The van der Waals surface area contributed by atoms with Crippen molar-refractivity contribution in [3.05, 3.63) is 52.7 Å². The lowest BCUT2D eigenvalue weighted by Crippen LogP contribution is -2.61. The third-order valence-electron chi connectivity index (χ3n) is 7.08. The van der Waals surface area contributed by atoms with Crippen LogP contribution in [0.5, 0.6) is 17.2 Å². The van der Waals surface area contributed by atoms with Crippen LogP contribution < -0.4 is 10.2 Å². The van der Waals surface area contributed by atoms with Gasteiger partial charge in [-0.1, -0.05) is 0 Å². The summed E-state index contributed by atoms with van der Waals surface area (Å²) in [5.41, 5.74) is -0.0516. The summed E-state index contributed by atoms with van der Waals surface area (Å²) in [6, 6.07) is 9.18. The molecule has 2 saturated heterocycles. The first kappa shape index (κ1) is 29.2. The van der Waals surface area contributed by atoms with Crippen LogP contribution in [0.2, 0.25) is 0 Å². The highest BCUT2D eigenvalue weighted by atomic mass is 16.7. The Morgan fingerprint density at radius 1 is 0.780 bits per heavy atom. The summed E-state index contributed by atoms with van der Waals surface area (Å²) in [6.45, 7) is 0.962. The van der Waals surface area contributed by atoms with Gasteiger partial charge in [-0.15, -0.1) is 0 Å². The van der Waals surface area contributed by atoms with E-state index >= 15 is 0 Å². The van der Waals surface area contributed by atoms with Crippen molar-refractivity contribution >= 4 is 0 Å². The van der Waals surface area contributed by atoms with Crippen LogP contribution in [-0.4, -0.2) is 109 Å². The zero-order valence-corrected chi connectivity index (χ0v) is 21.5. The molecule has 10 atom stereocenters. The van der Waals surface area contributed by atoms with Crippen LogP contribution in [0.3, 0.4) is 0 Å². The average Bonchev–Trinajstić information content (AvgIpc) is 2.94. The number of rotatable bonds is 6. The lowest BCUT2D eigenvalue weighted by atomic mass is 9.98. The first-order valence-electron chi connectivity index (χ1n) is 12.7. The Morgan fingerprint density at radius 3 is 2.15 bits per heavy atom. The van der Waals surface area contributed by atoms with Crippen molar-refractivity contribution in [1.29, 1.82) is 0 Å². The normalized spacial score (nSPS) is 34.0. The molecular weight excluding hydrogens is 548 g/mol. The molecule has 1 aromatic carbocycles. The molecular formula is C27H30O14. The summed E-state index contributed by atoms with van der Waals surface area (Å²) >= 11 is 0. The molecule has 0 bridgehead atoms. The highest BCUT2D eigenvalue weighted by Gasteiger charge is 2.47. The maximum Gasteiger partial charge on any atom is 0.229 e. The molecule has 14 heteroatoms. The van der Waals surface area contributed by atoms with Crippen LogP contribution in [0.15, 0.2) is 51.7 Å². The number of aliphatic hydroxyl groups is 6. The highest BCUT2D eigenvalue weighted by molar-refractivity contribution is 5.75. The van der Waals surface area contributed by atoms with Gasteiger partial charge in [-0.05, 0) is 37.3 Å². The molecule has 2 fully saturated rings. The van der Waals surface area contributed by atoms with Gasteiger partial charge in [-0.2, -0.15) is 0 Å². The molecule has 0 saturated carbocycles. The second kappa shape index (κ2) is 11.5. The number of benzene rings is 2. The molecule has 0 radical (unpaired) electrons. The van der Waals surface area contributed by atoms with Gasteiger partial charge in [0.2, 0.25) is 6.29 Å². The Labute approximate surface area is 232 Å². The number of aromatic hydroxyl groups is 2. The summed E-state index contributed by atoms with van der Waals surface area (Å²) in [7, 11) is 0. The van der Waals surface area contributed by atoms with E-state index < -0.39 is 79.2 Å². The number of hydrogen-bond donors (Lipinski definition) is 8. The van der Waals surface area contributed by atoms with Crippen molar-refractivity contribution < 1.29 is 64.2 Å². The van der Waals surface area contributed by atoms with E-state index in [1.54, 1.807) is 0 Å². The van der Waals surface area contributed by atoms with Crippen LogP contribution in [0.25, 0.3) is 22.6 Å². The molecule has 0 amide bonds. The van der Waals surface area contributed by atoms with Crippen LogP contribution in [0.4, 0.5) is 0 Å². The Kier molecular flexibility index (Phi) is 8.20. The van der Waals surface area contributed by atoms with Crippen molar-refractivity contribution in [1.82, 2.24) is 0 Å². The van der Waals surface area contributed by atoms with Crippen molar-refractivity contribution in [2.75, 3.05) is 6.61 Å². The molecule has 5 rings (SSSR count). The average molecular weight is 579 g/mol. The molecule has 0 unspecified atom stereocenters. The molecule has 1 aromatic rings. The molecule has 41 heavy (non-hydrogen) atoms. The SMILES string of the molecule is C[C@@H]1O[C@H](OC[C@@H]2O[C@H](Oc3cc4c(O)cc(=O)cc-4oc3-c3ccc(O)cc3)[C@H](O)[C@H](O)[C@H]2O)[C@H](O)[C@H](O)[C@H]1O. The Balaban J connectivity index is 1.42. The van der Waals surface area contributed by atoms with Gasteiger partial charge in [0, 0.05) is 17.7 Å². The van der Waals surface area contributed by atoms with Gasteiger partial charge in [0.15, 0.2) is 23.2 Å². The van der Waals surface area contributed by atoms with Crippen molar-refractivity contribution in [3.63, 3.8) is 0 Å². The first-order chi connectivity index (χ1) is 19.4. The van der Waals surface area contributed by atoms with Gasteiger partial charge >= 0.3 is 0 Å². The minimum atomic E-state index is -1.78. The van der Waals surface area contributed by atoms with Gasteiger partial charge in [-0.25, -0.2) is 0 Å². The van der Waals surface area contributed by atoms with E-state index in [1.165, 1.54) is 37.3 Å². The molecule has 3 heterocycles. The van der Waals surface area contributed by atoms with E-state index in [9.17, 15) is 45.6 Å². The zero-order valence-electron chi connectivity index (χ0n) is 21.5. The fourth-order valence-electron chi connectivity index (χ4n) is 4.69. The highest BCUT2D eigenvalue weighted by Crippen LogP contribution is 2.41. The molecule has 8 N–H and O–H groups in total. The summed E-state index contributed by atoms with van der Waals surface area (Å²) in [6.07, 6.45) is -15.0.